The Morgan fingerprint density at radius 3 is 2.43 bits per heavy atom. The molecule has 112 valence electrons. The molecule has 1 aromatic heterocycles. The predicted molar refractivity (Wildman–Crippen MR) is 74.0 cm³/mol. The van der Waals surface area contributed by atoms with Crippen molar-refractivity contribution in [2.24, 2.45) is 0 Å². The lowest BCUT2D eigenvalue weighted by molar-refractivity contribution is -0.139. The van der Waals surface area contributed by atoms with Crippen LogP contribution in [0.4, 0.5) is 34.9 Å². The van der Waals surface area contributed by atoms with Gasteiger partial charge in [-0.1, -0.05) is 0 Å². The molecule has 0 saturated heterocycles. The van der Waals surface area contributed by atoms with Gasteiger partial charge in [0.1, 0.15) is 28.3 Å². The van der Waals surface area contributed by atoms with E-state index in [1.807, 2.05) is 0 Å². The standard InChI is InChI=1S/C12H9BrF4N4/c1-18-10-9(13)11(20-5-19-10)21-6-2-3-8(14)7(4-6)12(15,16)17/h2-5H,1H3,(H2,18,19,20,21). The number of hydrogen-bond acceptors (Lipinski definition) is 4. The molecule has 0 fully saturated rings. The summed E-state index contributed by atoms with van der Waals surface area (Å²) in [4.78, 5) is 7.83. The van der Waals surface area contributed by atoms with Crippen LogP contribution < -0.4 is 10.6 Å². The second kappa shape index (κ2) is 5.84. The molecule has 0 atom stereocenters. The molecule has 1 aromatic carbocycles. The van der Waals surface area contributed by atoms with E-state index in [0.29, 0.717) is 16.4 Å². The number of halogens is 5. The van der Waals surface area contributed by atoms with Gasteiger partial charge in [0.15, 0.2) is 0 Å². The first-order valence-electron chi connectivity index (χ1n) is 5.65. The number of alkyl halides is 3. The Kier molecular flexibility index (Phi) is 4.31. The minimum absolute atomic E-state index is 0.0604. The molecule has 0 aliphatic rings. The smallest absolute Gasteiger partial charge is 0.372 e. The van der Waals surface area contributed by atoms with E-state index in [1.54, 1.807) is 7.05 Å². The van der Waals surface area contributed by atoms with Crippen molar-refractivity contribution in [3.63, 3.8) is 0 Å². The van der Waals surface area contributed by atoms with Crippen LogP contribution in [0.2, 0.25) is 0 Å². The van der Waals surface area contributed by atoms with E-state index in [0.717, 1.165) is 6.07 Å². The SMILES string of the molecule is CNc1ncnc(Nc2ccc(F)c(C(F)(F)F)c2)c1Br. The van der Waals surface area contributed by atoms with Crippen LogP contribution in [0.15, 0.2) is 29.0 Å². The van der Waals surface area contributed by atoms with Crippen molar-refractivity contribution in [1.82, 2.24) is 9.97 Å². The van der Waals surface area contributed by atoms with Gasteiger partial charge in [-0.3, -0.25) is 0 Å². The molecule has 1 heterocycles. The van der Waals surface area contributed by atoms with E-state index >= 15 is 0 Å². The van der Waals surface area contributed by atoms with Gasteiger partial charge in [-0.05, 0) is 34.1 Å². The van der Waals surface area contributed by atoms with E-state index in [4.69, 9.17) is 0 Å². The lowest BCUT2D eigenvalue weighted by atomic mass is 10.2. The maximum atomic E-state index is 13.2. The molecule has 0 amide bonds. The number of nitrogens with zero attached hydrogens (tertiary/aromatic N) is 2. The van der Waals surface area contributed by atoms with Crippen LogP contribution in [0.5, 0.6) is 0 Å². The Labute approximate surface area is 125 Å². The summed E-state index contributed by atoms with van der Waals surface area (Å²) in [6.07, 6.45) is -3.52. The maximum absolute atomic E-state index is 13.2. The van der Waals surface area contributed by atoms with Crippen LogP contribution in [0, 0.1) is 5.82 Å². The van der Waals surface area contributed by atoms with Crippen molar-refractivity contribution in [2.75, 3.05) is 17.7 Å². The number of rotatable bonds is 3. The molecule has 0 aliphatic carbocycles. The van der Waals surface area contributed by atoms with Crippen LogP contribution in [-0.2, 0) is 6.18 Å². The van der Waals surface area contributed by atoms with Gasteiger partial charge in [-0.15, -0.1) is 0 Å². The van der Waals surface area contributed by atoms with Gasteiger partial charge in [0.25, 0.3) is 0 Å². The topological polar surface area (TPSA) is 49.8 Å². The second-order valence-corrected chi connectivity index (χ2v) is 4.75. The summed E-state index contributed by atoms with van der Waals surface area (Å²) < 4.78 is 51.6. The van der Waals surface area contributed by atoms with Crippen molar-refractivity contribution in [3.05, 3.63) is 40.4 Å². The van der Waals surface area contributed by atoms with Crippen LogP contribution in [0.25, 0.3) is 0 Å². The molecule has 9 heteroatoms. The van der Waals surface area contributed by atoms with E-state index in [-0.39, 0.29) is 11.5 Å². The summed E-state index contributed by atoms with van der Waals surface area (Å²) >= 11 is 3.23. The fourth-order valence-corrected chi connectivity index (χ4v) is 2.09. The zero-order valence-corrected chi connectivity index (χ0v) is 12.2. The number of benzene rings is 1. The van der Waals surface area contributed by atoms with E-state index in [1.165, 1.54) is 12.4 Å². The van der Waals surface area contributed by atoms with Crippen molar-refractivity contribution in [3.8, 4) is 0 Å². The third-order valence-corrected chi connectivity index (χ3v) is 3.31. The molecule has 2 N–H and O–H groups in total. The van der Waals surface area contributed by atoms with Crippen molar-refractivity contribution >= 4 is 33.3 Å². The van der Waals surface area contributed by atoms with Gasteiger partial charge in [0, 0.05) is 12.7 Å². The first-order chi connectivity index (χ1) is 9.82. The molecule has 0 bridgehead atoms. The quantitative estimate of drug-likeness (QED) is 0.802. The van der Waals surface area contributed by atoms with Crippen molar-refractivity contribution in [2.45, 2.75) is 6.18 Å². The Morgan fingerprint density at radius 1 is 1.14 bits per heavy atom. The van der Waals surface area contributed by atoms with Gasteiger partial charge in [-0.25, -0.2) is 14.4 Å². The summed E-state index contributed by atoms with van der Waals surface area (Å²) in [5.41, 5.74) is -1.28. The number of nitrogens with one attached hydrogen (secondary N) is 2. The highest BCUT2D eigenvalue weighted by atomic mass is 79.9. The molecular formula is C12H9BrF4N4. The molecule has 0 unspecified atom stereocenters. The van der Waals surface area contributed by atoms with Crippen LogP contribution in [0.3, 0.4) is 0 Å². The van der Waals surface area contributed by atoms with E-state index in [2.05, 4.69) is 36.5 Å². The normalized spacial score (nSPS) is 11.3. The van der Waals surface area contributed by atoms with E-state index < -0.39 is 17.6 Å². The van der Waals surface area contributed by atoms with Gasteiger partial charge in [0.05, 0.1) is 5.56 Å². The fourth-order valence-electron chi connectivity index (χ4n) is 1.59. The van der Waals surface area contributed by atoms with Crippen LogP contribution in [0.1, 0.15) is 5.56 Å². The minimum atomic E-state index is -4.76. The Bertz CT molecular complexity index is 660. The van der Waals surface area contributed by atoms with Crippen LogP contribution in [-0.4, -0.2) is 17.0 Å². The highest BCUT2D eigenvalue weighted by Gasteiger charge is 2.34. The highest BCUT2D eigenvalue weighted by molar-refractivity contribution is 9.10. The number of anilines is 3. The summed E-state index contributed by atoms with van der Waals surface area (Å²) in [5, 5.41) is 5.47. The third-order valence-electron chi connectivity index (χ3n) is 2.56. The molecule has 0 radical (unpaired) electrons. The first kappa shape index (κ1) is 15.5. The molecule has 0 saturated carbocycles. The zero-order valence-electron chi connectivity index (χ0n) is 10.6. The predicted octanol–water partition coefficient (Wildman–Crippen LogP) is 4.18. The average Bonchev–Trinajstić information content (AvgIpc) is 2.42. The second-order valence-electron chi connectivity index (χ2n) is 3.95. The monoisotopic (exact) mass is 364 g/mol. The molecule has 2 aromatic rings. The third kappa shape index (κ3) is 3.41. The summed E-state index contributed by atoms with van der Waals surface area (Å²) in [7, 11) is 1.64. The zero-order chi connectivity index (χ0) is 15.6. The fraction of sp³-hybridized carbons (Fsp3) is 0.167. The Balaban J connectivity index is 2.37. The maximum Gasteiger partial charge on any atom is 0.419 e. The summed E-state index contributed by atoms with van der Waals surface area (Å²) in [6, 6.07) is 2.63. The first-order valence-corrected chi connectivity index (χ1v) is 6.44. The average molecular weight is 365 g/mol. The molecule has 21 heavy (non-hydrogen) atoms. The Hall–Kier alpha value is -1.90. The minimum Gasteiger partial charge on any atom is -0.372 e. The molecule has 4 nitrogen and oxygen atoms in total. The van der Waals surface area contributed by atoms with Gasteiger partial charge < -0.3 is 10.6 Å². The summed E-state index contributed by atoms with van der Waals surface area (Å²) in [5.74, 6) is -0.606. The number of hydrogen-bond donors (Lipinski definition) is 2. The highest BCUT2D eigenvalue weighted by Crippen LogP contribution is 2.34. The van der Waals surface area contributed by atoms with Crippen molar-refractivity contribution in [1.29, 1.82) is 0 Å². The van der Waals surface area contributed by atoms with Crippen molar-refractivity contribution < 1.29 is 17.6 Å². The lowest BCUT2D eigenvalue weighted by Crippen LogP contribution is -2.09. The lowest BCUT2D eigenvalue weighted by Gasteiger charge is -2.13. The van der Waals surface area contributed by atoms with Gasteiger partial charge in [-0.2, -0.15) is 13.2 Å². The molecule has 0 aliphatic heterocycles. The van der Waals surface area contributed by atoms with E-state index in [9.17, 15) is 17.6 Å². The van der Waals surface area contributed by atoms with Gasteiger partial charge in [0.2, 0.25) is 0 Å². The van der Waals surface area contributed by atoms with Crippen LogP contribution >= 0.6 is 15.9 Å². The Morgan fingerprint density at radius 2 is 1.81 bits per heavy atom. The number of aromatic nitrogens is 2. The van der Waals surface area contributed by atoms with Gasteiger partial charge >= 0.3 is 6.18 Å². The largest absolute Gasteiger partial charge is 0.419 e. The molecule has 0 spiro atoms. The summed E-state index contributed by atoms with van der Waals surface area (Å²) in [6.45, 7) is 0. The molecular weight excluding hydrogens is 356 g/mol. The molecule has 2 rings (SSSR count).